The first-order valence-electron chi connectivity index (χ1n) is 3.96. The summed E-state index contributed by atoms with van der Waals surface area (Å²) in [7, 11) is 0. The Morgan fingerprint density at radius 2 is 2.08 bits per heavy atom. The fraction of sp³-hybridized carbons (Fsp3) is 0.857. The van der Waals surface area contributed by atoms with Gasteiger partial charge in [-0.25, -0.2) is 0 Å². The zero-order valence-corrected chi connectivity index (χ0v) is 8.90. The SMILES string of the molecule is OC1(C(Cl)(Cl)Cl)CC(C2CC2)=NO1. The summed E-state index contributed by atoms with van der Waals surface area (Å²) in [4.78, 5) is 4.77. The summed E-state index contributed by atoms with van der Waals surface area (Å²) in [6, 6.07) is 0. The van der Waals surface area contributed by atoms with Crippen LogP contribution in [0.15, 0.2) is 5.16 Å². The van der Waals surface area contributed by atoms with E-state index >= 15 is 0 Å². The molecule has 2 aliphatic rings. The van der Waals surface area contributed by atoms with Crippen molar-refractivity contribution >= 4 is 40.5 Å². The minimum atomic E-state index is -1.85. The number of rotatable bonds is 1. The first-order chi connectivity index (χ1) is 5.92. The lowest BCUT2D eigenvalue weighted by Crippen LogP contribution is -2.43. The summed E-state index contributed by atoms with van der Waals surface area (Å²) >= 11 is 16.7. The molecule has 0 aromatic rings. The summed E-state index contributed by atoms with van der Waals surface area (Å²) in [6.45, 7) is 0. The number of aliphatic hydroxyl groups is 1. The van der Waals surface area contributed by atoms with Crippen LogP contribution in [0, 0.1) is 5.92 Å². The van der Waals surface area contributed by atoms with Crippen molar-refractivity contribution in [2.45, 2.75) is 28.8 Å². The van der Waals surface area contributed by atoms with Gasteiger partial charge in [0.25, 0.3) is 9.58 Å². The van der Waals surface area contributed by atoms with Crippen molar-refractivity contribution in [3.05, 3.63) is 0 Å². The van der Waals surface area contributed by atoms with Crippen molar-refractivity contribution in [2.75, 3.05) is 0 Å². The maximum atomic E-state index is 9.74. The van der Waals surface area contributed by atoms with E-state index in [1.807, 2.05) is 0 Å². The number of hydrogen-bond donors (Lipinski definition) is 1. The molecule has 1 saturated carbocycles. The predicted molar refractivity (Wildman–Crippen MR) is 51.1 cm³/mol. The maximum absolute atomic E-state index is 9.74. The van der Waals surface area contributed by atoms with Crippen molar-refractivity contribution < 1.29 is 9.94 Å². The number of hydrogen-bond acceptors (Lipinski definition) is 3. The largest absolute Gasteiger partial charge is 0.355 e. The van der Waals surface area contributed by atoms with Gasteiger partial charge in [-0.05, 0) is 12.8 Å². The Kier molecular flexibility index (Phi) is 2.19. The topological polar surface area (TPSA) is 41.8 Å². The van der Waals surface area contributed by atoms with Crippen LogP contribution in [0.3, 0.4) is 0 Å². The van der Waals surface area contributed by atoms with E-state index in [-0.39, 0.29) is 6.42 Å². The van der Waals surface area contributed by atoms with Crippen LogP contribution >= 0.6 is 34.8 Å². The molecule has 1 atom stereocenters. The molecule has 2 rings (SSSR count). The van der Waals surface area contributed by atoms with Gasteiger partial charge in [0.15, 0.2) is 0 Å². The Morgan fingerprint density at radius 1 is 1.46 bits per heavy atom. The van der Waals surface area contributed by atoms with E-state index in [9.17, 15) is 5.11 Å². The van der Waals surface area contributed by atoms with Gasteiger partial charge in [-0.3, -0.25) is 0 Å². The number of oxime groups is 1. The van der Waals surface area contributed by atoms with E-state index in [1.165, 1.54) is 0 Å². The van der Waals surface area contributed by atoms with E-state index in [2.05, 4.69) is 5.16 Å². The molecule has 0 amide bonds. The summed E-state index contributed by atoms with van der Waals surface area (Å²) in [5.74, 6) is -1.36. The van der Waals surface area contributed by atoms with Gasteiger partial charge in [0.05, 0.1) is 12.1 Å². The maximum Gasteiger partial charge on any atom is 0.287 e. The van der Waals surface area contributed by atoms with Crippen LogP contribution in [-0.4, -0.2) is 20.4 Å². The van der Waals surface area contributed by atoms with Crippen molar-refractivity contribution in [3.8, 4) is 0 Å². The van der Waals surface area contributed by atoms with Crippen LogP contribution in [0.1, 0.15) is 19.3 Å². The second kappa shape index (κ2) is 2.89. The van der Waals surface area contributed by atoms with E-state index in [0.29, 0.717) is 5.92 Å². The van der Waals surface area contributed by atoms with E-state index in [0.717, 1.165) is 18.6 Å². The standard InChI is InChI=1S/C7H8Cl3NO2/c8-7(9,10)6(12)3-5(11-13-6)4-1-2-4/h4,12H,1-3H2. The van der Waals surface area contributed by atoms with Crippen LogP contribution in [0.4, 0.5) is 0 Å². The van der Waals surface area contributed by atoms with Crippen molar-refractivity contribution in [1.82, 2.24) is 0 Å². The van der Waals surface area contributed by atoms with Gasteiger partial charge in [-0.15, -0.1) is 0 Å². The van der Waals surface area contributed by atoms with Gasteiger partial charge < -0.3 is 9.94 Å². The smallest absolute Gasteiger partial charge is 0.287 e. The molecule has 0 aromatic carbocycles. The van der Waals surface area contributed by atoms with Gasteiger partial charge in [-0.1, -0.05) is 40.0 Å². The van der Waals surface area contributed by atoms with Crippen LogP contribution in [0.2, 0.25) is 0 Å². The summed E-state index contributed by atoms with van der Waals surface area (Å²) in [5, 5.41) is 13.5. The molecular weight excluding hydrogens is 236 g/mol. The van der Waals surface area contributed by atoms with Crippen molar-refractivity contribution in [3.63, 3.8) is 0 Å². The quantitative estimate of drug-likeness (QED) is 0.719. The summed E-state index contributed by atoms with van der Waals surface area (Å²) in [6.07, 6.45) is 2.35. The van der Waals surface area contributed by atoms with E-state index in [4.69, 9.17) is 39.6 Å². The Bertz CT molecular complexity index is 259. The average Bonchev–Trinajstić information content (AvgIpc) is 2.74. The second-order valence-electron chi connectivity index (χ2n) is 3.41. The lowest BCUT2D eigenvalue weighted by atomic mass is 10.1. The molecule has 1 fully saturated rings. The molecule has 1 heterocycles. The van der Waals surface area contributed by atoms with Gasteiger partial charge in [0.2, 0.25) is 0 Å². The normalized spacial score (nSPS) is 34.3. The van der Waals surface area contributed by atoms with Crippen LogP contribution in [0.25, 0.3) is 0 Å². The molecule has 0 spiro atoms. The van der Waals surface area contributed by atoms with Crippen LogP contribution < -0.4 is 0 Å². The fourth-order valence-corrected chi connectivity index (χ4v) is 1.54. The zero-order valence-electron chi connectivity index (χ0n) is 6.64. The Balaban J connectivity index is 2.07. The molecule has 0 radical (unpaired) electrons. The monoisotopic (exact) mass is 243 g/mol. The molecule has 0 saturated heterocycles. The molecule has 13 heavy (non-hydrogen) atoms. The highest BCUT2D eigenvalue weighted by Crippen LogP contribution is 2.47. The fourth-order valence-electron chi connectivity index (χ4n) is 1.23. The minimum absolute atomic E-state index is 0.189. The molecule has 0 aromatic heterocycles. The first kappa shape index (κ1) is 9.84. The minimum Gasteiger partial charge on any atom is -0.355 e. The molecule has 0 bridgehead atoms. The third-order valence-corrected chi connectivity index (χ3v) is 3.11. The van der Waals surface area contributed by atoms with E-state index < -0.39 is 9.58 Å². The Morgan fingerprint density at radius 3 is 2.46 bits per heavy atom. The van der Waals surface area contributed by atoms with Crippen molar-refractivity contribution in [1.29, 1.82) is 0 Å². The van der Waals surface area contributed by atoms with Gasteiger partial charge in [0, 0.05) is 5.92 Å². The third-order valence-electron chi connectivity index (χ3n) is 2.23. The average molecular weight is 245 g/mol. The molecular formula is C7H8Cl3NO2. The highest BCUT2D eigenvalue weighted by molar-refractivity contribution is 6.68. The lowest BCUT2D eigenvalue weighted by molar-refractivity contribution is -0.181. The Hall–Kier alpha value is 0.300. The van der Waals surface area contributed by atoms with Gasteiger partial charge in [-0.2, -0.15) is 0 Å². The second-order valence-corrected chi connectivity index (χ2v) is 5.69. The number of nitrogens with zero attached hydrogens (tertiary/aromatic N) is 1. The molecule has 1 aliphatic heterocycles. The first-order valence-corrected chi connectivity index (χ1v) is 5.10. The zero-order chi connectivity index (χ0) is 9.69. The molecule has 3 nitrogen and oxygen atoms in total. The van der Waals surface area contributed by atoms with Crippen LogP contribution in [0.5, 0.6) is 0 Å². The summed E-state index contributed by atoms with van der Waals surface area (Å²) in [5.41, 5.74) is 0.800. The van der Waals surface area contributed by atoms with E-state index in [1.54, 1.807) is 0 Å². The van der Waals surface area contributed by atoms with Crippen molar-refractivity contribution in [2.24, 2.45) is 11.1 Å². The summed E-state index contributed by atoms with van der Waals surface area (Å²) < 4.78 is -1.85. The Labute approximate surface area is 90.6 Å². The molecule has 1 N–H and O–H groups in total. The highest BCUT2D eigenvalue weighted by Gasteiger charge is 2.55. The molecule has 6 heteroatoms. The van der Waals surface area contributed by atoms with Crippen LogP contribution in [-0.2, 0) is 4.84 Å². The predicted octanol–water partition coefficient (Wildman–Crippen LogP) is 2.23. The number of halogens is 3. The molecule has 1 unspecified atom stereocenters. The lowest BCUT2D eigenvalue weighted by Gasteiger charge is -2.26. The number of alkyl halides is 3. The van der Waals surface area contributed by atoms with Gasteiger partial charge in [0.1, 0.15) is 0 Å². The third kappa shape index (κ3) is 1.75. The highest BCUT2D eigenvalue weighted by atomic mass is 35.6. The molecule has 1 aliphatic carbocycles. The molecule has 74 valence electrons. The van der Waals surface area contributed by atoms with Gasteiger partial charge >= 0.3 is 0 Å².